The second kappa shape index (κ2) is 6.01. The molecule has 0 spiro atoms. The number of aliphatic hydroxyl groups is 1. The van der Waals surface area contributed by atoms with Crippen LogP contribution in [0.5, 0.6) is 0 Å². The number of aliphatic hydroxyl groups excluding tert-OH is 1. The van der Waals surface area contributed by atoms with Gasteiger partial charge in [-0.25, -0.2) is 0 Å². The summed E-state index contributed by atoms with van der Waals surface area (Å²) in [6.07, 6.45) is 5.80. The maximum atomic E-state index is 9.36. The van der Waals surface area contributed by atoms with Crippen LogP contribution in [0.2, 0.25) is 0 Å². The van der Waals surface area contributed by atoms with Gasteiger partial charge in [-0.3, -0.25) is 0 Å². The van der Waals surface area contributed by atoms with E-state index in [0.717, 1.165) is 31.7 Å². The number of aromatic nitrogens is 3. The van der Waals surface area contributed by atoms with E-state index >= 15 is 0 Å². The zero-order chi connectivity index (χ0) is 13.9. The predicted molar refractivity (Wildman–Crippen MR) is 72.9 cm³/mol. The second-order valence-electron chi connectivity index (χ2n) is 6.22. The molecule has 1 N–H and O–H groups in total. The number of hydrogen-bond acceptors (Lipinski definition) is 4. The summed E-state index contributed by atoms with van der Waals surface area (Å²) >= 11 is 0. The van der Waals surface area contributed by atoms with E-state index in [2.05, 4.69) is 35.5 Å². The van der Waals surface area contributed by atoms with Crippen molar-refractivity contribution in [3.8, 4) is 0 Å². The number of rotatable bonds is 4. The van der Waals surface area contributed by atoms with E-state index in [9.17, 15) is 5.11 Å². The summed E-state index contributed by atoms with van der Waals surface area (Å²) in [5.41, 5.74) is -0.107. The number of ether oxygens (including phenoxy) is 1. The van der Waals surface area contributed by atoms with Crippen molar-refractivity contribution >= 4 is 0 Å². The zero-order valence-corrected chi connectivity index (χ0v) is 12.2. The van der Waals surface area contributed by atoms with Gasteiger partial charge in [0.2, 0.25) is 0 Å². The SMILES string of the molecule is CC(C)(C)n1c(CO)nnc1CCC1CCCCO1. The Morgan fingerprint density at radius 2 is 2.00 bits per heavy atom. The summed E-state index contributed by atoms with van der Waals surface area (Å²) < 4.78 is 7.80. The lowest BCUT2D eigenvalue weighted by Crippen LogP contribution is -2.27. The average molecular weight is 267 g/mol. The lowest BCUT2D eigenvalue weighted by molar-refractivity contribution is 0.0109. The molecule has 2 rings (SSSR count). The third-order valence-electron chi connectivity index (χ3n) is 3.57. The molecule has 0 radical (unpaired) electrons. The normalized spacial score (nSPS) is 20.7. The van der Waals surface area contributed by atoms with E-state index < -0.39 is 0 Å². The first-order chi connectivity index (χ1) is 9.02. The molecule has 0 aromatic carbocycles. The first kappa shape index (κ1) is 14.5. The number of hydrogen-bond donors (Lipinski definition) is 1. The van der Waals surface area contributed by atoms with Gasteiger partial charge < -0.3 is 14.4 Å². The van der Waals surface area contributed by atoms with Crippen LogP contribution >= 0.6 is 0 Å². The van der Waals surface area contributed by atoms with Crippen LogP contribution in [0.1, 0.15) is 58.1 Å². The van der Waals surface area contributed by atoms with Gasteiger partial charge >= 0.3 is 0 Å². The fourth-order valence-corrected chi connectivity index (χ4v) is 2.72. The number of nitrogens with zero attached hydrogens (tertiary/aromatic N) is 3. The molecule has 0 saturated carbocycles. The molecule has 108 valence electrons. The largest absolute Gasteiger partial charge is 0.388 e. The molecule has 0 amide bonds. The fraction of sp³-hybridized carbons (Fsp3) is 0.857. The van der Waals surface area contributed by atoms with E-state index in [1.54, 1.807) is 0 Å². The van der Waals surface area contributed by atoms with Crippen LogP contribution in [0.4, 0.5) is 0 Å². The summed E-state index contributed by atoms with van der Waals surface area (Å²) in [7, 11) is 0. The van der Waals surface area contributed by atoms with Crippen molar-refractivity contribution in [3.05, 3.63) is 11.6 Å². The molecule has 1 fully saturated rings. The smallest absolute Gasteiger partial charge is 0.159 e. The summed E-state index contributed by atoms with van der Waals surface area (Å²) in [5, 5.41) is 17.7. The Hall–Kier alpha value is -0.940. The molecule has 1 unspecified atom stereocenters. The van der Waals surface area contributed by atoms with Crippen LogP contribution in [0, 0.1) is 0 Å². The average Bonchev–Trinajstić information content (AvgIpc) is 2.80. The van der Waals surface area contributed by atoms with E-state index in [1.165, 1.54) is 12.8 Å². The van der Waals surface area contributed by atoms with Gasteiger partial charge in [-0.05, 0) is 46.5 Å². The lowest BCUT2D eigenvalue weighted by Gasteiger charge is -2.26. The van der Waals surface area contributed by atoms with Crippen molar-refractivity contribution in [1.82, 2.24) is 14.8 Å². The molecular weight excluding hydrogens is 242 g/mol. The van der Waals surface area contributed by atoms with Gasteiger partial charge in [-0.2, -0.15) is 0 Å². The van der Waals surface area contributed by atoms with Gasteiger partial charge in [-0.15, -0.1) is 10.2 Å². The van der Waals surface area contributed by atoms with Crippen LogP contribution in [-0.2, 0) is 23.3 Å². The van der Waals surface area contributed by atoms with Gasteiger partial charge in [0, 0.05) is 18.6 Å². The molecule has 5 nitrogen and oxygen atoms in total. The van der Waals surface area contributed by atoms with Crippen LogP contribution in [0.3, 0.4) is 0 Å². The molecule has 0 bridgehead atoms. The molecule has 1 aliphatic rings. The topological polar surface area (TPSA) is 60.2 Å². The van der Waals surface area contributed by atoms with Crippen molar-refractivity contribution in [2.24, 2.45) is 0 Å². The Labute approximate surface area is 115 Å². The first-order valence-corrected chi connectivity index (χ1v) is 7.18. The van der Waals surface area contributed by atoms with E-state index in [-0.39, 0.29) is 12.1 Å². The highest BCUT2D eigenvalue weighted by Crippen LogP contribution is 2.22. The summed E-state index contributed by atoms with van der Waals surface area (Å²) in [5.74, 6) is 1.60. The molecule has 1 aliphatic heterocycles. The van der Waals surface area contributed by atoms with E-state index in [4.69, 9.17) is 4.74 Å². The highest BCUT2D eigenvalue weighted by molar-refractivity contribution is 5.01. The van der Waals surface area contributed by atoms with Crippen LogP contribution in [-0.4, -0.2) is 32.6 Å². The van der Waals surface area contributed by atoms with Crippen LogP contribution in [0.15, 0.2) is 0 Å². The quantitative estimate of drug-likeness (QED) is 0.906. The lowest BCUT2D eigenvalue weighted by atomic mass is 10.0. The minimum absolute atomic E-state index is 0.0653. The maximum absolute atomic E-state index is 9.36. The maximum Gasteiger partial charge on any atom is 0.159 e. The third-order valence-corrected chi connectivity index (χ3v) is 3.57. The molecule has 2 heterocycles. The van der Waals surface area contributed by atoms with Gasteiger partial charge in [0.15, 0.2) is 5.82 Å². The highest BCUT2D eigenvalue weighted by Gasteiger charge is 2.23. The van der Waals surface area contributed by atoms with E-state index in [1.807, 2.05) is 0 Å². The van der Waals surface area contributed by atoms with Gasteiger partial charge in [0.1, 0.15) is 12.4 Å². The van der Waals surface area contributed by atoms with Crippen molar-refractivity contribution in [2.75, 3.05) is 6.61 Å². The fourth-order valence-electron chi connectivity index (χ4n) is 2.72. The second-order valence-corrected chi connectivity index (χ2v) is 6.22. The molecule has 1 atom stereocenters. The van der Waals surface area contributed by atoms with Gasteiger partial charge in [0.05, 0.1) is 6.10 Å². The van der Waals surface area contributed by atoms with Crippen molar-refractivity contribution in [1.29, 1.82) is 0 Å². The first-order valence-electron chi connectivity index (χ1n) is 7.18. The molecular formula is C14H25N3O2. The predicted octanol–water partition coefficient (Wildman–Crippen LogP) is 2.03. The monoisotopic (exact) mass is 267 g/mol. The number of aryl methyl sites for hydroxylation is 1. The molecule has 5 heteroatoms. The minimum atomic E-state index is -0.107. The van der Waals surface area contributed by atoms with Crippen molar-refractivity contribution < 1.29 is 9.84 Å². The molecule has 1 saturated heterocycles. The van der Waals surface area contributed by atoms with Crippen LogP contribution < -0.4 is 0 Å². The standard InChI is InChI=1S/C14H25N3O2/c1-14(2,3)17-12(15-16-13(17)10-18)8-7-11-6-4-5-9-19-11/h11,18H,4-10H2,1-3H3. The molecule has 1 aromatic heterocycles. The Kier molecular flexibility index (Phi) is 4.58. The Morgan fingerprint density at radius 3 is 2.58 bits per heavy atom. The Bertz CT molecular complexity index is 403. The summed E-state index contributed by atoms with van der Waals surface area (Å²) in [4.78, 5) is 0. The summed E-state index contributed by atoms with van der Waals surface area (Å²) in [6.45, 7) is 7.14. The van der Waals surface area contributed by atoms with Crippen molar-refractivity contribution in [3.63, 3.8) is 0 Å². The Balaban J connectivity index is 2.05. The van der Waals surface area contributed by atoms with Crippen LogP contribution in [0.25, 0.3) is 0 Å². The third kappa shape index (κ3) is 3.54. The molecule has 0 aliphatic carbocycles. The van der Waals surface area contributed by atoms with Gasteiger partial charge in [-0.1, -0.05) is 0 Å². The minimum Gasteiger partial charge on any atom is -0.388 e. The Morgan fingerprint density at radius 1 is 1.26 bits per heavy atom. The van der Waals surface area contributed by atoms with E-state index in [0.29, 0.717) is 11.9 Å². The molecule has 19 heavy (non-hydrogen) atoms. The van der Waals surface area contributed by atoms with Gasteiger partial charge in [0.25, 0.3) is 0 Å². The molecule has 1 aromatic rings. The highest BCUT2D eigenvalue weighted by atomic mass is 16.5. The van der Waals surface area contributed by atoms with Crippen molar-refractivity contribution in [2.45, 2.75) is 71.1 Å². The summed E-state index contributed by atoms with van der Waals surface area (Å²) in [6, 6.07) is 0. The zero-order valence-electron chi connectivity index (χ0n) is 12.2.